The van der Waals surface area contributed by atoms with Crippen molar-refractivity contribution in [2.24, 2.45) is 0 Å². The van der Waals surface area contributed by atoms with E-state index in [9.17, 15) is 4.79 Å². The molecule has 3 rings (SSSR count). The number of carbonyl (C=O) groups excluding carboxylic acids is 1. The first kappa shape index (κ1) is 16.3. The number of esters is 1. The lowest BCUT2D eigenvalue weighted by Crippen LogP contribution is -2.08. The minimum absolute atomic E-state index is 0.134. The fourth-order valence-corrected chi connectivity index (χ4v) is 3.47. The van der Waals surface area contributed by atoms with Gasteiger partial charge in [0.25, 0.3) is 0 Å². The molecule has 0 unspecified atom stereocenters. The van der Waals surface area contributed by atoms with Crippen LogP contribution in [-0.2, 0) is 22.6 Å². The van der Waals surface area contributed by atoms with E-state index >= 15 is 0 Å². The molecule has 0 N–H and O–H groups in total. The van der Waals surface area contributed by atoms with Gasteiger partial charge in [-0.1, -0.05) is 17.7 Å². The maximum Gasteiger partial charge on any atom is 0.310 e. The van der Waals surface area contributed by atoms with Crippen molar-refractivity contribution in [2.75, 3.05) is 6.26 Å². The number of thioether (sulfide) groups is 1. The number of hydrogen-bond acceptors (Lipinski definition) is 5. The number of benzene rings is 1. The number of fused-ring (bicyclic) bond motifs is 1. The second kappa shape index (κ2) is 7.34. The van der Waals surface area contributed by atoms with Crippen LogP contribution in [0, 0.1) is 0 Å². The Balaban J connectivity index is 1.72. The summed E-state index contributed by atoms with van der Waals surface area (Å²) in [6.07, 6.45) is 2.29. The third-order valence-electron chi connectivity index (χ3n) is 3.37. The van der Waals surface area contributed by atoms with Gasteiger partial charge in [-0.15, -0.1) is 11.8 Å². The summed E-state index contributed by atoms with van der Waals surface area (Å²) in [6, 6.07) is 9.88. The first-order chi connectivity index (χ1) is 11.2. The van der Waals surface area contributed by atoms with Gasteiger partial charge in [0.05, 0.1) is 11.9 Å². The number of halogens is 1. The second-order valence-corrected chi connectivity index (χ2v) is 6.98. The summed E-state index contributed by atoms with van der Waals surface area (Å²) in [5.74, 6) is -0.266. The molecule has 118 valence electrons. The van der Waals surface area contributed by atoms with Crippen molar-refractivity contribution in [1.82, 2.24) is 4.98 Å². The highest BCUT2D eigenvalue weighted by Crippen LogP contribution is 2.25. The van der Waals surface area contributed by atoms with Crippen LogP contribution < -0.4 is 0 Å². The Labute approximate surface area is 147 Å². The summed E-state index contributed by atoms with van der Waals surface area (Å²) in [7, 11) is 0. The van der Waals surface area contributed by atoms with Crippen LogP contribution in [0.4, 0.5) is 0 Å². The topological polar surface area (TPSA) is 39.2 Å². The zero-order valence-electron chi connectivity index (χ0n) is 12.4. The lowest BCUT2D eigenvalue weighted by atomic mass is 10.1. The van der Waals surface area contributed by atoms with Crippen molar-refractivity contribution >= 4 is 51.6 Å². The van der Waals surface area contributed by atoms with Crippen LogP contribution >= 0.6 is 34.7 Å². The summed E-state index contributed by atoms with van der Waals surface area (Å²) in [4.78, 5) is 17.4. The molecular weight excluding hydrogens is 350 g/mol. The second-order valence-electron chi connectivity index (χ2n) is 4.97. The quantitative estimate of drug-likeness (QED) is 0.365. The van der Waals surface area contributed by atoms with Crippen LogP contribution in [0.1, 0.15) is 11.1 Å². The van der Waals surface area contributed by atoms with E-state index in [0.29, 0.717) is 5.15 Å². The van der Waals surface area contributed by atoms with E-state index < -0.39 is 0 Å². The summed E-state index contributed by atoms with van der Waals surface area (Å²) in [5, 5.41) is 5.24. The van der Waals surface area contributed by atoms with Crippen molar-refractivity contribution in [3.8, 4) is 0 Å². The number of nitrogens with zero attached hydrogens (tertiary/aromatic N) is 1. The Morgan fingerprint density at radius 2 is 2.22 bits per heavy atom. The highest BCUT2D eigenvalue weighted by atomic mass is 35.5. The van der Waals surface area contributed by atoms with Gasteiger partial charge in [-0.25, -0.2) is 4.98 Å². The molecule has 1 aromatic carbocycles. The summed E-state index contributed by atoms with van der Waals surface area (Å²) >= 11 is 9.44. The third kappa shape index (κ3) is 4.05. The molecule has 0 saturated carbocycles. The van der Waals surface area contributed by atoms with Gasteiger partial charge < -0.3 is 4.74 Å². The first-order valence-corrected chi connectivity index (χ1v) is 9.50. The lowest BCUT2D eigenvalue weighted by molar-refractivity contribution is -0.144. The largest absolute Gasteiger partial charge is 0.460 e. The Kier molecular flexibility index (Phi) is 5.20. The number of hydrogen-bond donors (Lipinski definition) is 0. The fourth-order valence-electron chi connectivity index (χ4n) is 2.16. The zero-order valence-corrected chi connectivity index (χ0v) is 14.8. The number of carbonyl (C=O) groups is 1. The molecule has 23 heavy (non-hydrogen) atoms. The Hall–Kier alpha value is -1.56. The Bertz CT molecular complexity index is 834. The molecule has 0 amide bonds. The molecule has 0 fully saturated rings. The monoisotopic (exact) mass is 363 g/mol. The molecule has 0 bridgehead atoms. The minimum atomic E-state index is -0.266. The molecule has 0 aliphatic carbocycles. The normalized spacial score (nSPS) is 10.9. The van der Waals surface area contributed by atoms with Crippen LogP contribution in [0.15, 0.2) is 46.0 Å². The van der Waals surface area contributed by atoms with E-state index in [4.69, 9.17) is 16.3 Å². The van der Waals surface area contributed by atoms with Crippen molar-refractivity contribution in [2.45, 2.75) is 17.9 Å². The van der Waals surface area contributed by atoms with Crippen LogP contribution in [0.2, 0.25) is 5.15 Å². The van der Waals surface area contributed by atoms with Crippen LogP contribution in [0.25, 0.3) is 10.9 Å². The van der Waals surface area contributed by atoms with Crippen LogP contribution in [0.3, 0.4) is 0 Å². The van der Waals surface area contributed by atoms with Gasteiger partial charge in [-0.05, 0) is 46.8 Å². The van der Waals surface area contributed by atoms with Gasteiger partial charge in [0, 0.05) is 15.8 Å². The van der Waals surface area contributed by atoms with Gasteiger partial charge in [0.1, 0.15) is 11.8 Å². The van der Waals surface area contributed by atoms with Crippen LogP contribution in [0.5, 0.6) is 0 Å². The highest BCUT2D eigenvalue weighted by Gasteiger charge is 2.10. The molecule has 0 spiro atoms. The summed E-state index contributed by atoms with van der Waals surface area (Å²) in [5.41, 5.74) is 2.53. The molecule has 0 aliphatic rings. The van der Waals surface area contributed by atoms with E-state index in [1.165, 1.54) is 0 Å². The predicted octanol–water partition coefficient (Wildman–Crippen LogP) is 4.96. The number of rotatable bonds is 5. The van der Waals surface area contributed by atoms with Gasteiger partial charge in [-0.3, -0.25) is 4.79 Å². The molecule has 0 radical (unpaired) electrons. The average Bonchev–Trinajstić information content (AvgIpc) is 3.05. The molecule has 2 heterocycles. The molecule has 0 saturated heterocycles. The standard InChI is InChI=1S/C17H14ClNO2S2/c1-22-14-3-2-12-7-13(17(18)19-15(12)8-14)9-21-16(20)6-11-4-5-23-10-11/h2-5,7-8,10H,6,9H2,1H3. The van der Waals surface area contributed by atoms with Crippen molar-refractivity contribution in [1.29, 1.82) is 0 Å². The van der Waals surface area contributed by atoms with Gasteiger partial charge in [0.2, 0.25) is 0 Å². The molecule has 0 aliphatic heterocycles. The third-order valence-corrected chi connectivity index (χ3v) is 5.15. The molecular formula is C17H14ClNO2S2. The molecule has 3 aromatic rings. The van der Waals surface area contributed by atoms with E-state index in [0.717, 1.165) is 26.9 Å². The number of thiophene rings is 1. The number of pyridine rings is 1. The van der Waals surface area contributed by atoms with Gasteiger partial charge in [-0.2, -0.15) is 11.3 Å². The van der Waals surface area contributed by atoms with E-state index in [-0.39, 0.29) is 19.0 Å². The van der Waals surface area contributed by atoms with E-state index in [2.05, 4.69) is 4.98 Å². The van der Waals surface area contributed by atoms with Crippen molar-refractivity contribution < 1.29 is 9.53 Å². The number of ether oxygens (including phenoxy) is 1. The molecule has 0 atom stereocenters. The lowest BCUT2D eigenvalue weighted by Gasteiger charge is -2.08. The molecule has 6 heteroatoms. The summed E-state index contributed by atoms with van der Waals surface area (Å²) in [6.45, 7) is 0.134. The molecule has 3 nitrogen and oxygen atoms in total. The summed E-state index contributed by atoms with van der Waals surface area (Å²) < 4.78 is 5.31. The smallest absolute Gasteiger partial charge is 0.310 e. The average molecular weight is 364 g/mol. The zero-order chi connectivity index (χ0) is 16.2. The maximum atomic E-state index is 11.9. The van der Waals surface area contributed by atoms with Gasteiger partial charge in [0.15, 0.2) is 0 Å². The Morgan fingerprint density at radius 1 is 1.35 bits per heavy atom. The van der Waals surface area contributed by atoms with E-state index in [1.807, 2.05) is 47.3 Å². The first-order valence-electron chi connectivity index (χ1n) is 6.95. The Morgan fingerprint density at radius 3 is 2.96 bits per heavy atom. The minimum Gasteiger partial charge on any atom is -0.460 e. The van der Waals surface area contributed by atoms with Crippen LogP contribution in [-0.4, -0.2) is 17.2 Å². The molecule has 2 aromatic heterocycles. The van der Waals surface area contributed by atoms with Crippen molar-refractivity contribution in [3.05, 3.63) is 57.4 Å². The van der Waals surface area contributed by atoms with Gasteiger partial charge >= 0.3 is 5.97 Å². The van der Waals surface area contributed by atoms with E-state index in [1.54, 1.807) is 23.1 Å². The predicted molar refractivity (Wildman–Crippen MR) is 96.4 cm³/mol. The SMILES string of the molecule is CSc1ccc2cc(COC(=O)Cc3ccsc3)c(Cl)nc2c1. The fraction of sp³-hybridized carbons (Fsp3) is 0.176. The number of aromatic nitrogens is 1. The van der Waals surface area contributed by atoms with Crippen molar-refractivity contribution in [3.63, 3.8) is 0 Å². The maximum absolute atomic E-state index is 11.9. The highest BCUT2D eigenvalue weighted by molar-refractivity contribution is 7.98.